The molecule has 31 heavy (non-hydrogen) atoms. The fourth-order valence-electron chi connectivity index (χ4n) is 4.38. The summed E-state index contributed by atoms with van der Waals surface area (Å²) in [5.41, 5.74) is 2.97. The molecule has 0 bridgehead atoms. The first-order valence-corrected chi connectivity index (χ1v) is 10.1. The van der Waals surface area contributed by atoms with Crippen molar-refractivity contribution in [2.24, 2.45) is 0 Å². The van der Waals surface area contributed by atoms with Crippen LogP contribution < -0.4 is 5.56 Å². The summed E-state index contributed by atoms with van der Waals surface area (Å²) in [6.45, 7) is 0. The molecule has 5 nitrogen and oxygen atoms in total. The van der Waals surface area contributed by atoms with E-state index in [4.69, 9.17) is 4.98 Å². The maximum absolute atomic E-state index is 15.0. The van der Waals surface area contributed by atoms with Gasteiger partial charge in [0.2, 0.25) is 0 Å². The first kappa shape index (κ1) is 17.9. The molecule has 6 rings (SSSR count). The Morgan fingerprint density at radius 3 is 2.68 bits per heavy atom. The van der Waals surface area contributed by atoms with Crippen LogP contribution in [0.3, 0.4) is 0 Å². The van der Waals surface area contributed by atoms with Gasteiger partial charge in [0.05, 0.1) is 10.9 Å². The number of halogens is 1. The number of nitrogens with zero attached hydrogens (tertiary/aromatic N) is 4. The van der Waals surface area contributed by atoms with Crippen molar-refractivity contribution in [3.05, 3.63) is 101 Å². The van der Waals surface area contributed by atoms with Crippen molar-refractivity contribution in [3.8, 4) is 11.1 Å². The number of fused-ring (bicyclic) bond motifs is 2. The van der Waals surface area contributed by atoms with Gasteiger partial charge in [-0.2, -0.15) is 0 Å². The van der Waals surface area contributed by atoms with Crippen LogP contribution in [0, 0.1) is 5.82 Å². The normalized spacial score (nSPS) is 17.8. The summed E-state index contributed by atoms with van der Waals surface area (Å²) >= 11 is 0. The number of hydrogen-bond donors (Lipinski definition) is 0. The standard InChI is InChI=1S/C25H17FN4O/c26-20-13-30(23-10-19(23)22-9-8-15-4-1-2-7-21(15)29-22)25(31)24-17(5-3-6-18(20)24)16-11-27-14-28-12-16/h1-9,11-14,19,23H,10H2/t19-,23-/m1/s1. The van der Waals surface area contributed by atoms with Gasteiger partial charge < -0.3 is 4.57 Å². The Morgan fingerprint density at radius 2 is 1.81 bits per heavy atom. The molecule has 0 spiro atoms. The van der Waals surface area contributed by atoms with Crippen LogP contribution in [-0.2, 0) is 0 Å². The molecule has 3 heterocycles. The molecule has 0 radical (unpaired) electrons. The highest BCUT2D eigenvalue weighted by Gasteiger charge is 2.42. The zero-order chi connectivity index (χ0) is 20.9. The van der Waals surface area contributed by atoms with Crippen molar-refractivity contribution in [2.75, 3.05) is 0 Å². The van der Waals surface area contributed by atoms with Crippen molar-refractivity contribution >= 4 is 21.7 Å². The number of benzene rings is 2. The predicted octanol–water partition coefficient (Wildman–Crippen LogP) is 4.87. The molecule has 0 N–H and O–H groups in total. The van der Waals surface area contributed by atoms with Crippen molar-refractivity contribution in [2.45, 2.75) is 18.4 Å². The summed E-state index contributed by atoms with van der Waals surface area (Å²) in [6, 6.07) is 17.1. The van der Waals surface area contributed by atoms with E-state index in [0.717, 1.165) is 23.0 Å². The Hall–Kier alpha value is -3.93. The molecule has 0 saturated heterocycles. The van der Waals surface area contributed by atoms with Crippen LogP contribution >= 0.6 is 0 Å². The molecule has 3 aromatic heterocycles. The Balaban J connectivity index is 1.47. The van der Waals surface area contributed by atoms with E-state index in [1.165, 1.54) is 17.1 Å². The van der Waals surface area contributed by atoms with Gasteiger partial charge in [-0.05, 0) is 24.1 Å². The third kappa shape index (κ3) is 2.91. The Labute approximate surface area is 176 Å². The van der Waals surface area contributed by atoms with Crippen molar-refractivity contribution in [3.63, 3.8) is 0 Å². The number of para-hydroxylation sites is 1. The summed E-state index contributed by atoms with van der Waals surface area (Å²) in [4.78, 5) is 26.3. The first-order valence-electron chi connectivity index (χ1n) is 10.1. The highest BCUT2D eigenvalue weighted by atomic mass is 19.1. The second-order valence-electron chi connectivity index (χ2n) is 7.88. The quantitative estimate of drug-likeness (QED) is 0.427. The fraction of sp³-hybridized carbons (Fsp3) is 0.120. The minimum absolute atomic E-state index is 0.0892. The largest absolute Gasteiger partial charge is 0.308 e. The molecule has 1 fully saturated rings. The maximum atomic E-state index is 15.0. The average Bonchev–Trinajstić information content (AvgIpc) is 3.62. The fourth-order valence-corrected chi connectivity index (χ4v) is 4.38. The minimum Gasteiger partial charge on any atom is -0.308 e. The topological polar surface area (TPSA) is 60.7 Å². The van der Waals surface area contributed by atoms with Gasteiger partial charge in [0.25, 0.3) is 5.56 Å². The Bertz CT molecular complexity index is 1510. The predicted molar refractivity (Wildman–Crippen MR) is 117 cm³/mol. The summed E-state index contributed by atoms with van der Waals surface area (Å²) in [6.07, 6.45) is 6.79. The number of hydrogen-bond acceptors (Lipinski definition) is 4. The Morgan fingerprint density at radius 1 is 0.968 bits per heavy atom. The van der Waals surface area contributed by atoms with E-state index < -0.39 is 5.82 Å². The van der Waals surface area contributed by atoms with Crippen LogP contribution in [0.5, 0.6) is 0 Å². The molecule has 150 valence electrons. The van der Waals surface area contributed by atoms with E-state index in [1.54, 1.807) is 24.5 Å². The van der Waals surface area contributed by atoms with Crippen molar-refractivity contribution in [1.82, 2.24) is 19.5 Å². The van der Waals surface area contributed by atoms with Crippen LogP contribution in [0.25, 0.3) is 32.8 Å². The van der Waals surface area contributed by atoms with E-state index in [-0.39, 0.29) is 17.5 Å². The second kappa shape index (κ2) is 6.80. The van der Waals surface area contributed by atoms with Crippen LogP contribution in [-0.4, -0.2) is 19.5 Å². The van der Waals surface area contributed by atoms with E-state index in [2.05, 4.69) is 9.97 Å². The second-order valence-corrected chi connectivity index (χ2v) is 7.88. The molecule has 2 aromatic carbocycles. The monoisotopic (exact) mass is 408 g/mol. The lowest BCUT2D eigenvalue weighted by molar-refractivity contribution is 0.594. The molecular weight excluding hydrogens is 391 g/mol. The summed E-state index contributed by atoms with van der Waals surface area (Å²) in [5, 5.41) is 1.74. The lowest BCUT2D eigenvalue weighted by Crippen LogP contribution is -2.21. The van der Waals surface area contributed by atoms with E-state index in [0.29, 0.717) is 21.9 Å². The summed E-state index contributed by atoms with van der Waals surface area (Å²) in [5.74, 6) is -0.322. The van der Waals surface area contributed by atoms with Crippen molar-refractivity contribution < 1.29 is 4.39 Å². The van der Waals surface area contributed by atoms with Crippen LogP contribution in [0.4, 0.5) is 4.39 Å². The van der Waals surface area contributed by atoms with Gasteiger partial charge in [-0.25, -0.2) is 14.4 Å². The molecule has 0 amide bonds. The molecular formula is C25H17FN4O. The summed E-state index contributed by atoms with van der Waals surface area (Å²) in [7, 11) is 0. The van der Waals surface area contributed by atoms with Crippen LogP contribution in [0.1, 0.15) is 24.1 Å². The lowest BCUT2D eigenvalue weighted by Gasteiger charge is -2.11. The number of pyridine rings is 2. The lowest BCUT2D eigenvalue weighted by atomic mass is 10.0. The van der Waals surface area contributed by atoms with Gasteiger partial charge >= 0.3 is 0 Å². The maximum Gasteiger partial charge on any atom is 0.259 e. The highest BCUT2D eigenvalue weighted by Crippen LogP contribution is 2.50. The molecule has 1 saturated carbocycles. The molecule has 0 unspecified atom stereocenters. The van der Waals surface area contributed by atoms with E-state index in [1.807, 2.05) is 42.5 Å². The molecule has 2 atom stereocenters. The van der Waals surface area contributed by atoms with Gasteiger partial charge in [-0.3, -0.25) is 9.78 Å². The van der Waals surface area contributed by atoms with E-state index >= 15 is 4.39 Å². The highest BCUT2D eigenvalue weighted by molar-refractivity contribution is 5.96. The van der Waals surface area contributed by atoms with Gasteiger partial charge in [0, 0.05) is 52.6 Å². The first-order chi connectivity index (χ1) is 15.2. The van der Waals surface area contributed by atoms with Crippen molar-refractivity contribution in [1.29, 1.82) is 0 Å². The summed E-state index contributed by atoms with van der Waals surface area (Å²) < 4.78 is 16.6. The van der Waals surface area contributed by atoms with E-state index in [9.17, 15) is 4.79 Å². The zero-order valence-electron chi connectivity index (χ0n) is 16.4. The smallest absolute Gasteiger partial charge is 0.259 e. The third-order valence-corrected chi connectivity index (χ3v) is 6.01. The molecule has 1 aliphatic carbocycles. The molecule has 0 aliphatic heterocycles. The zero-order valence-corrected chi connectivity index (χ0v) is 16.4. The van der Waals surface area contributed by atoms with Crippen LogP contribution in [0.2, 0.25) is 0 Å². The number of rotatable bonds is 3. The van der Waals surface area contributed by atoms with Gasteiger partial charge in [0.15, 0.2) is 0 Å². The average molecular weight is 408 g/mol. The Kier molecular flexibility index (Phi) is 3.93. The molecule has 1 aliphatic rings. The third-order valence-electron chi connectivity index (χ3n) is 6.01. The molecule has 5 aromatic rings. The van der Waals surface area contributed by atoms with Gasteiger partial charge in [0.1, 0.15) is 12.1 Å². The van der Waals surface area contributed by atoms with Crippen LogP contribution in [0.15, 0.2) is 84.3 Å². The number of aromatic nitrogens is 4. The van der Waals surface area contributed by atoms with Gasteiger partial charge in [-0.15, -0.1) is 0 Å². The SMILES string of the molecule is O=c1c2c(-c3cncnc3)cccc2c(F)cn1[C@@H]1C[C@@H]1c1ccc2ccccc2n1. The minimum atomic E-state index is -0.412. The van der Waals surface area contributed by atoms with Gasteiger partial charge in [-0.1, -0.05) is 42.5 Å². The molecule has 6 heteroatoms.